The Labute approximate surface area is 71.9 Å². The zero-order valence-corrected chi connectivity index (χ0v) is 7.22. The Balaban J connectivity index is 0.000000236. The van der Waals surface area contributed by atoms with E-state index in [0.717, 1.165) is 0 Å². The molecule has 0 aliphatic carbocycles. The first-order valence-electron chi connectivity index (χ1n) is 2.77. The molecule has 0 radical (unpaired) electrons. The first-order valence-corrected chi connectivity index (χ1v) is 4.03. The van der Waals surface area contributed by atoms with Crippen LogP contribution in [0, 0.1) is 0 Å². The fourth-order valence-corrected chi connectivity index (χ4v) is 0.428. The fourth-order valence-electron chi connectivity index (χ4n) is 0.428. The Morgan fingerprint density at radius 1 is 1.10 bits per heavy atom. The summed E-state index contributed by atoms with van der Waals surface area (Å²) in [6, 6.07) is 8.71. The Morgan fingerprint density at radius 2 is 1.50 bits per heavy atom. The molecule has 0 fully saturated rings. The van der Waals surface area contributed by atoms with Crippen LogP contribution in [-0.2, 0) is 0 Å². The largest absolute Gasteiger partial charge is 0.508 e. The molecule has 1 rings (SSSR count). The van der Waals surface area contributed by atoms with Crippen LogP contribution in [0.1, 0.15) is 0 Å². The summed E-state index contributed by atoms with van der Waals surface area (Å²) in [4.78, 5) is 0. The fraction of sp³-hybridized carbons (Fsp3) is 0.143. The molecule has 1 nitrogen and oxygen atoms in total. The van der Waals surface area contributed by atoms with Crippen LogP contribution in [0.2, 0.25) is 0 Å². The lowest BCUT2D eigenvalue weighted by atomic mass is 10.3. The third-order valence-electron chi connectivity index (χ3n) is 0.756. The van der Waals surface area contributed by atoms with Gasteiger partial charge >= 0.3 is 0 Å². The maximum atomic E-state index is 8.63. The number of para-hydroxylation sites is 1. The molecule has 0 spiro atoms. The molecule has 0 amide bonds. The minimum Gasteiger partial charge on any atom is -0.508 e. The van der Waals surface area contributed by atoms with Gasteiger partial charge in [0.2, 0.25) is 0 Å². The summed E-state index contributed by atoms with van der Waals surface area (Å²) in [6.07, 6.45) is 0. The highest BCUT2D eigenvalue weighted by atomic mass is 32.2. The molecule has 0 heterocycles. The van der Waals surface area contributed by atoms with E-state index >= 15 is 0 Å². The molecule has 1 N–H and O–H groups in total. The Bertz CT molecular complexity index is 153. The molecule has 0 atom stereocenters. The maximum absolute atomic E-state index is 8.63. The van der Waals surface area contributed by atoms with Crippen LogP contribution in [0.4, 0.5) is 0 Å². The van der Waals surface area contributed by atoms with Crippen molar-refractivity contribution in [1.29, 1.82) is 0 Å². The number of thiol groups is 2. The van der Waals surface area contributed by atoms with E-state index in [9.17, 15) is 0 Å². The van der Waals surface area contributed by atoms with Gasteiger partial charge in [-0.25, -0.2) is 0 Å². The smallest absolute Gasteiger partial charge is 0.115 e. The van der Waals surface area contributed by atoms with Crippen LogP contribution in [0.3, 0.4) is 0 Å². The van der Waals surface area contributed by atoms with E-state index in [4.69, 9.17) is 5.11 Å². The molecule has 0 saturated carbocycles. The van der Waals surface area contributed by atoms with Gasteiger partial charge in [0.15, 0.2) is 0 Å². The highest BCUT2D eigenvalue weighted by molar-refractivity contribution is 7.98. The van der Waals surface area contributed by atoms with Gasteiger partial charge in [-0.2, -0.15) is 25.3 Å². The van der Waals surface area contributed by atoms with E-state index in [2.05, 4.69) is 25.3 Å². The van der Waals surface area contributed by atoms with Crippen LogP contribution in [0.15, 0.2) is 30.3 Å². The highest BCUT2D eigenvalue weighted by Crippen LogP contribution is 2.02. The second kappa shape index (κ2) is 6.83. The van der Waals surface area contributed by atoms with Gasteiger partial charge < -0.3 is 5.11 Å². The summed E-state index contributed by atoms with van der Waals surface area (Å²) in [7, 11) is 0. The molecule has 0 saturated heterocycles. The topological polar surface area (TPSA) is 20.2 Å². The molecule has 0 unspecified atom stereocenters. The van der Waals surface area contributed by atoms with Crippen molar-refractivity contribution in [3.05, 3.63) is 30.3 Å². The lowest BCUT2D eigenvalue weighted by Crippen LogP contribution is -1.56. The van der Waals surface area contributed by atoms with Crippen LogP contribution < -0.4 is 0 Å². The number of aromatic hydroxyl groups is 1. The average molecular weight is 174 g/mol. The summed E-state index contributed by atoms with van der Waals surface area (Å²) >= 11 is 7.31. The maximum Gasteiger partial charge on any atom is 0.115 e. The summed E-state index contributed by atoms with van der Waals surface area (Å²) in [5.41, 5.74) is 0. The predicted octanol–water partition coefficient (Wildman–Crippen LogP) is 2.20. The lowest BCUT2D eigenvalue weighted by Gasteiger charge is -1.82. The van der Waals surface area contributed by atoms with Gasteiger partial charge in [-0.05, 0) is 12.1 Å². The first kappa shape index (κ1) is 9.72. The van der Waals surface area contributed by atoms with Gasteiger partial charge in [-0.15, -0.1) is 0 Å². The van der Waals surface area contributed by atoms with Crippen molar-refractivity contribution in [2.45, 2.75) is 0 Å². The average Bonchev–Trinajstić information content (AvgIpc) is 1.91. The molecule has 10 heavy (non-hydrogen) atoms. The van der Waals surface area contributed by atoms with Crippen LogP contribution in [0.5, 0.6) is 5.75 Å². The number of phenols is 1. The standard InChI is InChI=1S/C6H6O.CH4S2/c7-6-4-2-1-3-5-6;2-1-3/h1-5,7H;2-3H,1H2. The van der Waals surface area contributed by atoms with Crippen molar-refractivity contribution in [1.82, 2.24) is 0 Å². The quantitative estimate of drug-likeness (QED) is 0.407. The molecular weight excluding hydrogens is 164 g/mol. The second-order valence-corrected chi connectivity index (χ2v) is 2.61. The summed E-state index contributed by atoms with van der Waals surface area (Å²) in [5, 5.41) is 9.27. The van der Waals surface area contributed by atoms with Crippen molar-refractivity contribution in [2.75, 3.05) is 5.08 Å². The molecule has 1 aromatic rings. The number of phenolic OH excluding ortho intramolecular Hbond substituents is 1. The van der Waals surface area contributed by atoms with Crippen LogP contribution >= 0.6 is 25.3 Å². The SMILES string of the molecule is Oc1ccccc1.SCS. The monoisotopic (exact) mass is 174 g/mol. The third kappa shape index (κ3) is 5.85. The van der Waals surface area contributed by atoms with E-state index in [0.29, 0.717) is 10.8 Å². The zero-order chi connectivity index (χ0) is 7.82. The van der Waals surface area contributed by atoms with E-state index in [1.165, 1.54) is 0 Å². The number of hydrogen-bond acceptors (Lipinski definition) is 3. The highest BCUT2D eigenvalue weighted by Gasteiger charge is 1.74. The molecule has 3 heteroatoms. The molecule has 0 aliphatic rings. The predicted molar refractivity (Wildman–Crippen MR) is 50.9 cm³/mol. The molecule has 56 valence electrons. The van der Waals surface area contributed by atoms with Crippen molar-refractivity contribution in [3.8, 4) is 5.75 Å². The Hall–Kier alpha value is -0.280. The minimum absolute atomic E-state index is 0.322. The van der Waals surface area contributed by atoms with E-state index < -0.39 is 0 Å². The normalized spacial score (nSPS) is 7.80. The van der Waals surface area contributed by atoms with Crippen LogP contribution in [-0.4, -0.2) is 10.2 Å². The minimum atomic E-state index is 0.322. The summed E-state index contributed by atoms with van der Waals surface area (Å²) in [6.45, 7) is 0. The van der Waals surface area contributed by atoms with Crippen molar-refractivity contribution < 1.29 is 5.11 Å². The van der Waals surface area contributed by atoms with E-state index in [1.807, 2.05) is 6.07 Å². The molecule has 0 bridgehead atoms. The van der Waals surface area contributed by atoms with Gasteiger partial charge in [0.25, 0.3) is 0 Å². The number of hydrogen-bond donors (Lipinski definition) is 3. The Kier molecular flexibility index (Phi) is 6.64. The molecule has 0 aliphatic heterocycles. The summed E-state index contributed by atoms with van der Waals surface area (Å²) in [5.74, 6) is 0.322. The molecule has 0 aromatic heterocycles. The number of rotatable bonds is 0. The van der Waals surface area contributed by atoms with Crippen molar-refractivity contribution in [3.63, 3.8) is 0 Å². The van der Waals surface area contributed by atoms with E-state index in [1.54, 1.807) is 24.3 Å². The van der Waals surface area contributed by atoms with Crippen molar-refractivity contribution in [2.24, 2.45) is 0 Å². The lowest BCUT2D eigenvalue weighted by molar-refractivity contribution is 0.475. The van der Waals surface area contributed by atoms with Gasteiger partial charge in [-0.3, -0.25) is 0 Å². The van der Waals surface area contributed by atoms with Gasteiger partial charge in [0, 0.05) is 5.08 Å². The Morgan fingerprint density at radius 3 is 1.70 bits per heavy atom. The van der Waals surface area contributed by atoms with Crippen LogP contribution in [0.25, 0.3) is 0 Å². The third-order valence-corrected chi connectivity index (χ3v) is 0.756. The van der Waals surface area contributed by atoms with E-state index in [-0.39, 0.29) is 0 Å². The molecule has 1 aromatic carbocycles. The zero-order valence-electron chi connectivity index (χ0n) is 5.44. The first-order chi connectivity index (χ1) is 4.81. The number of benzene rings is 1. The van der Waals surface area contributed by atoms with Crippen molar-refractivity contribution >= 4 is 25.3 Å². The second-order valence-electron chi connectivity index (χ2n) is 1.48. The van der Waals surface area contributed by atoms with Gasteiger partial charge in [0.1, 0.15) is 5.75 Å². The summed E-state index contributed by atoms with van der Waals surface area (Å²) < 4.78 is 0. The van der Waals surface area contributed by atoms with Gasteiger partial charge in [-0.1, -0.05) is 18.2 Å². The van der Waals surface area contributed by atoms with Gasteiger partial charge in [0.05, 0.1) is 0 Å². The molecular formula is C7H10OS2.